The minimum Gasteiger partial charge on any atom is -0.307 e. The van der Waals surface area contributed by atoms with Crippen LogP contribution in [0.3, 0.4) is 0 Å². The first-order valence-corrected chi connectivity index (χ1v) is 17.4. The molecule has 246 valence electrons. The molecule has 47 heavy (non-hydrogen) atoms. The van der Waals surface area contributed by atoms with Crippen LogP contribution in [0.25, 0.3) is 4.85 Å². The maximum Gasteiger partial charge on any atom is 0.238 e. The van der Waals surface area contributed by atoms with E-state index < -0.39 is 21.7 Å². The lowest BCUT2D eigenvalue weighted by molar-refractivity contribution is -0.164. The number of hydrogen-bond donors (Lipinski definition) is 0. The van der Waals surface area contributed by atoms with Crippen molar-refractivity contribution in [3.8, 4) is 0 Å². The van der Waals surface area contributed by atoms with Crippen molar-refractivity contribution in [2.45, 2.75) is 99.8 Å². The highest BCUT2D eigenvalue weighted by molar-refractivity contribution is 6.11. The first-order chi connectivity index (χ1) is 22.0. The number of hydrogen-bond acceptors (Lipinski definition) is 5. The Morgan fingerprint density at radius 1 is 1.00 bits per heavy atom. The molecule has 0 N–H and O–H groups in total. The van der Waals surface area contributed by atoms with E-state index in [2.05, 4.69) is 44.4 Å². The maximum absolute atomic E-state index is 15.0. The molecular formula is C40H47N3O4. The van der Waals surface area contributed by atoms with Gasteiger partial charge in [0.05, 0.1) is 12.0 Å². The van der Waals surface area contributed by atoms with Gasteiger partial charge in [-0.15, -0.1) is 0 Å². The molecule has 7 nitrogen and oxygen atoms in total. The van der Waals surface area contributed by atoms with Gasteiger partial charge in [0, 0.05) is 34.7 Å². The molecule has 7 heteroatoms. The van der Waals surface area contributed by atoms with Crippen molar-refractivity contribution >= 4 is 23.3 Å². The van der Waals surface area contributed by atoms with Gasteiger partial charge in [-0.3, -0.25) is 19.0 Å². The minimum atomic E-state index is -0.787. The van der Waals surface area contributed by atoms with Crippen LogP contribution >= 0.6 is 0 Å². The lowest BCUT2D eigenvalue weighted by Gasteiger charge is -2.69. The van der Waals surface area contributed by atoms with Crippen molar-refractivity contribution in [1.82, 2.24) is 9.55 Å². The van der Waals surface area contributed by atoms with Gasteiger partial charge in [-0.05, 0) is 85.5 Å². The Bertz CT molecular complexity index is 1810. The van der Waals surface area contributed by atoms with E-state index in [0.29, 0.717) is 31.3 Å². The fraction of sp³-hybridized carbons (Fsp3) is 0.600. The lowest BCUT2D eigenvalue weighted by atomic mass is 9.34. The number of carbonyl (C=O) groups excluding carboxylic acids is 4. The number of imidazole rings is 1. The summed E-state index contributed by atoms with van der Waals surface area (Å²) in [7, 11) is 0. The summed E-state index contributed by atoms with van der Waals surface area (Å²) in [4.78, 5) is 64.8. The molecule has 6 aliphatic rings. The van der Waals surface area contributed by atoms with Crippen molar-refractivity contribution in [2.75, 3.05) is 0 Å². The average molecular weight is 634 g/mol. The van der Waals surface area contributed by atoms with Crippen LogP contribution in [0.2, 0.25) is 0 Å². The van der Waals surface area contributed by atoms with E-state index in [4.69, 9.17) is 6.57 Å². The zero-order valence-electron chi connectivity index (χ0n) is 28.9. The predicted molar refractivity (Wildman–Crippen MR) is 179 cm³/mol. The highest BCUT2D eigenvalue weighted by Gasteiger charge is 2.71. The first kappa shape index (κ1) is 31.9. The molecule has 3 saturated carbocycles. The summed E-state index contributed by atoms with van der Waals surface area (Å²) >= 11 is 0. The normalized spacial score (nSPS) is 39.7. The van der Waals surface area contributed by atoms with Crippen LogP contribution in [0.5, 0.6) is 0 Å². The molecule has 6 aliphatic carbocycles. The summed E-state index contributed by atoms with van der Waals surface area (Å²) in [6.07, 6.45) is 18.5. The predicted octanol–water partition coefficient (Wildman–Crippen LogP) is 8.17. The molecule has 0 aliphatic heterocycles. The third-order valence-corrected chi connectivity index (χ3v) is 14.4. The third kappa shape index (κ3) is 4.06. The molecule has 1 aromatic heterocycles. The summed E-state index contributed by atoms with van der Waals surface area (Å²) in [5.74, 6) is -0.818. The first-order valence-electron chi connectivity index (χ1n) is 17.4. The van der Waals surface area contributed by atoms with Crippen LogP contribution in [-0.2, 0) is 9.59 Å². The summed E-state index contributed by atoms with van der Waals surface area (Å²) in [6, 6.07) is 0. The van der Waals surface area contributed by atoms with Crippen LogP contribution in [0.1, 0.15) is 115 Å². The van der Waals surface area contributed by atoms with E-state index in [1.165, 1.54) is 10.8 Å². The van der Waals surface area contributed by atoms with E-state index in [-0.39, 0.29) is 63.4 Å². The number of aromatic nitrogens is 2. The fourth-order valence-corrected chi connectivity index (χ4v) is 11.6. The molecule has 0 bridgehead atoms. The number of carbonyl (C=O) groups is 4. The molecule has 0 aromatic carbocycles. The zero-order chi connectivity index (χ0) is 33.9. The Labute approximate surface area is 278 Å². The van der Waals surface area contributed by atoms with E-state index in [0.717, 1.165) is 31.3 Å². The molecule has 7 rings (SSSR count). The van der Waals surface area contributed by atoms with Crippen molar-refractivity contribution in [3.63, 3.8) is 0 Å². The largest absolute Gasteiger partial charge is 0.307 e. The molecule has 1 aromatic rings. The highest BCUT2D eigenvalue weighted by atomic mass is 16.2. The molecular weight excluding hydrogens is 586 g/mol. The quantitative estimate of drug-likeness (QED) is 0.247. The second kappa shape index (κ2) is 9.94. The van der Waals surface area contributed by atoms with Gasteiger partial charge in [0.15, 0.2) is 17.4 Å². The number of allylic oxidation sites excluding steroid dienone is 8. The highest BCUT2D eigenvalue weighted by Crippen LogP contribution is 2.74. The fourth-order valence-electron chi connectivity index (χ4n) is 11.6. The molecule has 3 fully saturated rings. The van der Waals surface area contributed by atoms with Crippen molar-refractivity contribution < 1.29 is 19.2 Å². The van der Waals surface area contributed by atoms with Gasteiger partial charge in [0.2, 0.25) is 17.4 Å². The number of Topliss-reactive ketones (excluding diaryl/α,β-unsaturated/α-hetero) is 2. The Hall–Kier alpha value is -3.66. The van der Waals surface area contributed by atoms with E-state index in [9.17, 15) is 19.2 Å². The van der Waals surface area contributed by atoms with Crippen molar-refractivity contribution in [3.05, 3.63) is 76.9 Å². The minimum absolute atomic E-state index is 0.0137. The molecule has 7 atom stereocenters. The molecule has 0 saturated heterocycles. The van der Waals surface area contributed by atoms with Gasteiger partial charge in [-0.1, -0.05) is 78.3 Å². The van der Waals surface area contributed by atoms with Crippen LogP contribution < -0.4 is 0 Å². The average Bonchev–Trinajstić information content (AvgIpc) is 3.73. The number of fused-ring (bicyclic) bond motifs is 7. The number of ketones is 3. The zero-order valence-corrected chi connectivity index (χ0v) is 28.9. The number of rotatable bonds is 3. The lowest BCUT2D eigenvalue weighted by Crippen LogP contribution is -2.66. The molecule has 0 radical (unpaired) electrons. The van der Waals surface area contributed by atoms with Crippen LogP contribution in [0.15, 0.2) is 59.6 Å². The Morgan fingerprint density at radius 2 is 1.72 bits per heavy atom. The molecule has 0 amide bonds. The van der Waals surface area contributed by atoms with Crippen LogP contribution in [0.4, 0.5) is 0 Å². The van der Waals surface area contributed by atoms with Crippen molar-refractivity contribution in [1.29, 1.82) is 0 Å². The van der Waals surface area contributed by atoms with Gasteiger partial charge in [0.1, 0.15) is 0 Å². The second-order valence-corrected chi connectivity index (χ2v) is 17.4. The van der Waals surface area contributed by atoms with Gasteiger partial charge < -0.3 is 4.79 Å². The standard InChI is InChI=1S/C40H47N3O4/c1-35(2)15-17-40(34(47)43-20-19-42-33(43)31(45)24-11-9-10-12-24)18-16-39(7)30(25(40)22-35)27(44)21-29-37(5)23-26(41-8)32(46)36(3,4)28(37)13-14-38(29,39)6/h9,11-12,19-21,23,25,28,30H,10,13-18,22H2,1-7H3. The van der Waals surface area contributed by atoms with E-state index >= 15 is 0 Å². The van der Waals surface area contributed by atoms with Gasteiger partial charge >= 0.3 is 0 Å². The molecule has 1 heterocycles. The summed E-state index contributed by atoms with van der Waals surface area (Å²) in [6.45, 7) is 23.0. The van der Waals surface area contributed by atoms with Crippen LogP contribution in [-0.4, -0.2) is 32.8 Å². The molecule has 0 spiro atoms. The van der Waals surface area contributed by atoms with E-state index in [1.807, 2.05) is 38.2 Å². The topological polar surface area (TPSA) is 90.5 Å². The number of nitrogens with zero attached hydrogens (tertiary/aromatic N) is 3. The van der Waals surface area contributed by atoms with Crippen molar-refractivity contribution in [2.24, 2.45) is 50.2 Å². The SMILES string of the molecule is [C-]#[N+]C1=CC2(C)C3=CC(=O)C4C5CC(C)(C)CCC5(C(=O)n5ccnc5C(=O)C5=CCC=C5)CCC4(C)C3(C)CCC2C(C)(C)C1=O. The van der Waals surface area contributed by atoms with E-state index in [1.54, 1.807) is 12.3 Å². The summed E-state index contributed by atoms with van der Waals surface area (Å²) in [5.41, 5.74) is -1.13. The second-order valence-electron chi connectivity index (χ2n) is 17.4. The monoisotopic (exact) mass is 633 g/mol. The third-order valence-electron chi connectivity index (χ3n) is 14.4. The Kier molecular flexibility index (Phi) is 6.75. The van der Waals surface area contributed by atoms with Gasteiger partial charge in [0.25, 0.3) is 0 Å². The van der Waals surface area contributed by atoms with Gasteiger partial charge in [-0.25, -0.2) is 9.83 Å². The summed E-state index contributed by atoms with van der Waals surface area (Å²) < 4.78 is 1.49. The Morgan fingerprint density at radius 3 is 2.40 bits per heavy atom. The summed E-state index contributed by atoms with van der Waals surface area (Å²) in [5, 5.41) is 0. The molecule has 7 unspecified atom stereocenters. The van der Waals surface area contributed by atoms with Gasteiger partial charge in [-0.2, -0.15) is 0 Å². The maximum atomic E-state index is 15.0. The van der Waals surface area contributed by atoms with Crippen LogP contribution in [0, 0.1) is 56.8 Å². The smallest absolute Gasteiger partial charge is 0.238 e. The Balaban J connectivity index is 1.35.